The lowest BCUT2D eigenvalue weighted by Crippen LogP contribution is -2.92. The van der Waals surface area contributed by atoms with Crippen LogP contribution >= 0.6 is 11.8 Å². The van der Waals surface area contributed by atoms with Crippen molar-refractivity contribution in [2.45, 2.75) is 43.0 Å². The molecule has 0 saturated heterocycles. The van der Waals surface area contributed by atoms with Gasteiger partial charge in [0.2, 0.25) is 0 Å². The first-order valence-electron chi connectivity index (χ1n) is 11.5. The Morgan fingerprint density at radius 1 is 1.00 bits per heavy atom. The smallest absolute Gasteiger partial charge is 0.258 e. The molecule has 1 heterocycles. The topological polar surface area (TPSA) is 49.4 Å². The van der Waals surface area contributed by atoms with E-state index in [1.165, 1.54) is 25.7 Å². The van der Waals surface area contributed by atoms with Crippen LogP contribution in [0.25, 0.3) is 0 Å². The Morgan fingerprint density at radius 3 is 2.39 bits per heavy atom. The highest BCUT2D eigenvalue weighted by Crippen LogP contribution is 2.89. The fraction of sp³-hybridized carbons (Fsp3) is 0.462. The molecule has 2 atom stereocenters. The predicted octanol–water partition coefficient (Wildman–Crippen LogP) is 4.67. The van der Waals surface area contributed by atoms with Gasteiger partial charge in [0.05, 0.1) is 5.69 Å². The van der Waals surface area contributed by atoms with Gasteiger partial charge in [-0.05, 0) is 80.7 Å². The van der Waals surface area contributed by atoms with E-state index in [4.69, 9.17) is 0 Å². The third-order valence-electron chi connectivity index (χ3n) is 9.16. The molecule has 1 aliphatic heterocycles. The Balaban J connectivity index is 1.16. The van der Waals surface area contributed by atoms with E-state index in [-0.39, 0.29) is 17.4 Å². The molecule has 4 saturated carbocycles. The van der Waals surface area contributed by atoms with Crippen molar-refractivity contribution in [3.05, 3.63) is 59.2 Å². The molecular weight excluding hydrogens is 404 g/mol. The number of carbonyl (C=O) groups excluding carboxylic acids is 2. The minimum atomic E-state index is 0.00652. The SMILES string of the molecule is Cc1ccc(C(=O)N2CCSc3ccc(C(=O)NC45CC6CC7CC(C4)C765)cc32)cc1. The molecule has 0 bridgehead atoms. The van der Waals surface area contributed by atoms with E-state index in [0.29, 0.717) is 23.1 Å². The van der Waals surface area contributed by atoms with Gasteiger partial charge in [-0.1, -0.05) is 17.7 Å². The molecule has 0 aromatic heterocycles. The van der Waals surface area contributed by atoms with Crippen molar-refractivity contribution in [2.24, 2.45) is 23.2 Å². The minimum Gasteiger partial charge on any atom is -0.346 e. The maximum atomic E-state index is 13.3. The molecule has 5 heteroatoms. The summed E-state index contributed by atoms with van der Waals surface area (Å²) in [5.41, 5.74) is 3.92. The summed E-state index contributed by atoms with van der Waals surface area (Å²) < 4.78 is 0. The van der Waals surface area contributed by atoms with Gasteiger partial charge in [-0.3, -0.25) is 9.59 Å². The number of amides is 2. The van der Waals surface area contributed by atoms with Gasteiger partial charge in [0, 0.05) is 39.3 Å². The summed E-state index contributed by atoms with van der Waals surface area (Å²) in [7, 11) is 0. The number of rotatable bonds is 3. The maximum absolute atomic E-state index is 13.3. The highest BCUT2D eigenvalue weighted by atomic mass is 32.2. The van der Waals surface area contributed by atoms with Crippen LogP contribution < -0.4 is 10.2 Å². The molecule has 2 aromatic carbocycles. The standard InChI is InChI=1S/C26H26N2O2S/c1-15-2-4-16(5-3-15)24(30)28-8-9-31-22-7-6-17(10-21(22)28)23(29)27-25-13-19-11-18-12-20(14-25)26(18,19)25/h2-7,10,18-20H,8-9,11-14H2,1H3,(H,27,29). The summed E-state index contributed by atoms with van der Waals surface area (Å²) in [6.07, 6.45) is 5.12. The van der Waals surface area contributed by atoms with Crippen molar-refractivity contribution in [2.75, 3.05) is 17.2 Å². The first kappa shape index (κ1) is 18.3. The fourth-order valence-electron chi connectivity index (χ4n) is 7.86. The highest BCUT2D eigenvalue weighted by Gasteiger charge is 2.88. The zero-order chi connectivity index (χ0) is 21.0. The molecule has 2 aromatic rings. The molecular formula is C26H26N2O2S. The molecule has 1 spiro atoms. The maximum Gasteiger partial charge on any atom is 0.258 e. The molecule has 2 unspecified atom stereocenters. The van der Waals surface area contributed by atoms with Crippen molar-refractivity contribution in [3.8, 4) is 0 Å². The van der Waals surface area contributed by atoms with Crippen LogP contribution in [0.2, 0.25) is 0 Å². The molecule has 7 rings (SSSR count). The summed E-state index contributed by atoms with van der Waals surface area (Å²) >= 11 is 1.76. The summed E-state index contributed by atoms with van der Waals surface area (Å²) in [6.45, 7) is 2.68. The van der Waals surface area contributed by atoms with Crippen molar-refractivity contribution >= 4 is 29.3 Å². The number of nitrogens with one attached hydrogen (secondary N) is 1. The van der Waals surface area contributed by atoms with Gasteiger partial charge in [-0.15, -0.1) is 11.8 Å². The van der Waals surface area contributed by atoms with Gasteiger partial charge in [-0.2, -0.15) is 0 Å². The number of carbonyl (C=O) groups is 2. The second-order valence-electron chi connectivity index (χ2n) is 10.3. The number of thioether (sulfide) groups is 1. The molecule has 31 heavy (non-hydrogen) atoms. The van der Waals surface area contributed by atoms with Crippen molar-refractivity contribution in [1.29, 1.82) is 0 Å². The van der Waals surface area contributed by atoms with Crippen LogP contribution in [0, 0.1) is 30.1 Å². The van der Waals surface area contributed by atoms with E-state index in [1.807, 2.05) is 54.3 Å². The second-order valence-corrected chi connectivity index (χ2v) is 11.4. The monoisotopic (exact) mass is 430 g/mol. The quantitative estimate of drug-likeness (QED) is 0.770. The van der Waals surface area contributed by atoms with Gasteiger partial charge in [0.15, 0.2) is 0 Å². The van der Waals surface area contributed by atoms with E-state index in [0.717, 1.165) is 39.7 Å². The number of anilines is 1. The molecule has 158 valence electrons. The van der Waals surface area contributed by atoms with E-state index < -0.39 is 0 Å². The van der Waals surface area contributed by atoms with Crippen molar-refractivity contribution in [1.82, 2.24) is 5.32 Å². The Hall–Kier alpha value is -2.27. The number of hydrogen-bond acceptors (Lipinski definition) is 3. The third kappa shape index (κ3) is 2.13. The number of aryl methyl sites for hydroxylation is 1. The Labute approximate surface area is 186 Å². The van der Waals surface area contributed by atoms with Gasteiger partial charge < -0.3 is 10.2 Å². The van der Waals surface area contributed by atoms with Crippen LogP contribution in [0.1, 0.15) is 52.0 Å². The Bertz CT molecular complexity index is 1120. The third-order valence-corrected chi connectivity index (χ3v) is 10.2. The number of benzene rings is 2. The number of fused-ring (bicyclic) bond motifs is 1. The first-order chi connectivity index (χ1) is 15.0. The number of nitrogens with zero attached hydrogens (tertiary/aromatic N) is 1. The average molecular weight is 431 g/mol. The van der Waals surface area contributed by atoms with Gasteiger partial charge in [-0.25, -0.2) is 0 Å². The van der Waals surface area contributed by atoms with Crippen LogP contribution in [0.15, 0.2) is 47.4 Å². The van der Waals surface area contributed by atoms with E-state index in [2.05, 4.69) is 5.32 Å². The van der Waals surface area contributed by atoms with Crippen LogP contribution in [-0.4, -0.2) is 29.7 Å². The zero-order valence-electron chi connectivity index (χ0n) is 17.7. The summed E-state index contributed by atoms with van der Waals surface area (Å²) in [5.74, 6) is 3.51. The normalized spacial score (nSPS) is 35.8. The summed E-state index contributed by atoms with van der Waals surface area (Å²) in [5, 5.41) is 3.47. The largest absolute Gasteiger partial charge is 0.346 e. The highest BCUT2D eigenvalue weighted by molar-refractivity contribution is 7.99. The average Bonchev–Trinajstić information content (AvgIpc) is 2.73. The van der Waals surface area contributed by atoms with E-state index in [9.17, 15) is 9.59 Å². The van der Waals surface area contributed by atoms with Crippen LogP contribution in [0.3, 0.4) is 0 Å². The van der Waals surface area contributed by atoms with Crippen LogP contribution in [0.4, 0.5) is 5.69 Å². The van der Waals surface area contributed by atoms with Crippen LogP contribution in [-0.2, 0) is 0 Å². The fourth-order valence-corrected chi connectivity index (χ4v) is 8.83. The summed E-state index contributed by atoms with van der Waals surface area (Å²) in [6, 6.07) is 13.6. The zero-order valence-corrected chi connectivity index (χ0v) is 18.5. The first-order valence-corrected chi connectivity index (χ1v) is 12.5. The van der Waals surface area contributed by atoms with Gasteiger partial charge in [0.1, 0.15) is 0 Å². The van der Waals surface area contributed by atoms with Crippen molar-refractivity contribution in [3.63, 3.8) is 0 Å². The summed E-state index contributed by atoms with van der Waals surface area (Å²) in [4.78, 5) is 29.4. The molecule has 2 amide bonds. The molecule has 4 fully saturated rings. The van der Waals surface area contributed by atoms with Gasteiger partial charge >= 0.3 is 0 Å². The van der Waals surface area contributed by atoms with Gasteiger partial charge in [0.25, 0.3) is 11.8 Å². The molecule has 1 N–H and O–H groups in total. The lowest BCUT2D eigenvalue weighted by molar-refractivity contribution is -0.393. The Kier molecular flexibility index (Phi) is 3.51. The molecule has 4 nitrogen and oxygen atoms in total. The van der Waals surface area contributed by atoms with Crippen LogP contribution in [0.5, 0.6) is 0 Å². The van der Waals surface area contributed by atoms with E-state index >= 15 is 0 Å². The minimum absolute atomic E-state index is 0.00652. The Morgan fingerprint density at radius 2 is 1.71 bits per heavy atom. The second kappa shape index (κ2) is 5.94. The lowest BCUT2D eigenvalue weighted by Gasteiger charge is -2.91. The predicted molar refractivity (Wildman–Crippen MR) is 122 cm³/mol. The van der Waals surface area contributed by atoms with E-state index in [1.54, 1.807) is 11.8 Å². The molecule has 0 radical (unpaired) electrons. The molecule has 4 aliphatic carbocycles. The van der Waals surface area contributed by atoms with Crippen molar-refractivity contribution < 1.29 is 9.59 Å². The number of hydrogen-bond donors (Lipinski definition) is 1. The molecule has 5 aliphatic rings. The lowest BCUT2D eigenvalue weighted by atomic mass is 9.15.